The molecule has 162 valence electrons. The second kappa shape index (κ2) is 10.1. The van der Waals surface area contributed by atoms with Crippen molar-refractivity contribution in [3.05, 3.63) is 102 Å². The molecule has 2 amide bonds. The van der Waals surface area contributed by atoms with E-state index in [-0.39, 0.29) is 0 Å². The third-order valence-electron chi connectivity index (χ3n) is 4.88. The van der Waals surface area contributed by atoms with Gasteiger partial charge >= 0.3 is 6.03 Å². The van der Waals surface area contributed by atoms with E-state index in [4.69, 9.17) is 4.74 Å². The molecule has 0 aliphatic carbocycles. The Hall–Kier alpha value is -4.63. The van der Waals surface area contributed by atoms with E-state index in [0.717, 1.165) is 27.9 Å². The number of methoxy groups -OCH3 is 1. The van der Waals surface area contributed by atoms with Crippen LogP contribution in [0.15, 0.2) is 85.2 Å². The van der Waals surface area contributed by atoms with Gasteiger partial charge in [-0.25, -0.2) is 9.78 Å². The van der Waals surface area contributed by atoms with Gasteiger partial charge in [0.2, 0.25) is 0 Å². The molecular formula is C27H22N4O2. The number of ether oxygens (including phenoxy) is 1. The molecule has 2 aromatic heterocycles. The highest BCUT2D eigenvalue weighted by atomic mass is 16.5. The summed E-state index contributed by atoms with van der Waals surface area (Å²) < 4.78 is 5.28. The second-order valence-corrected chi connectivity index (χ2v) is 7.21. The lowest BCUT2D eigenvalue weighted by Gasteiger charge is -2.12. The van der Waals surface area contributed by atoms with Crippen molar-refractivity contribution in [1.82, 2.24) is 9.97 Å². The number of nitrogens with one attached hydrogen (secondary N) is 2. The molecule has 0 saturated carbocycles. The molecule has 0 spiro atoms. The van der Waals surface area contributed by atoms with E-state index in [9.17, 15) is 4.79 Å². The predicted molar refractivity (Wildman–Crippen MR) is 130 cm³/mol. The Balaban J connectivity index is 1.49. The Morgan fingerprint density at radius 1 is 0.879 bits per heavy atom. The SMILES string of the molecule is COc1ccccc1NC(=O)Nc1nc(-c2ccc(C#Cc3cccnc3)cc2)ccc1C. The number of hydrogen-bond acceptors (Lipinski definition) is 4. The van der Waals surface area contributed by atoms with Gasteiger partial charge in [0, 0.05) is 29.1 Å². The number of carbonyl (C=O) groups is 1. The number of carbonyl (C=O) groups excluding carboxylic acids is 1. The first-order valence-corrected chi connectivity index (χ1v) is 10.3. The molecule has 0 fully saturated rings. The van der Waals surface area contributed by atoms with Crippen LogP contribution in [0, 0.1) is 18.8 Å². The third-order valence-corrected chi connectivity index (χ3v) is 4.88. The van der Waals surface area contributed by atoms with Gasteiger partial charge in [0.25, 0.3) is 0 Å². The van der Waals surface area contributed by atoms with Crippen molar-refractivity contribution < 1.29 is 9.53 Å². The molecule has 6 heteroatoms. The lowest BCUT2D eigenvalue weighted by Crippen LogP contribution is -2.21. The van der Waals surface area contributed by atoms with Gasteiger partial charge in [-0.15, -0.1) is 0 Å². The monoisotopic (exact) mass is 434 g/mol. The van der Waals surface area contributed by atoms with Crippen LogP contribution in [0.4, 0.5) is 16.3 Å². The number of nitrogens with zero attached hydrogens (tertiary/aromatic N) is 2. The van der Waals surface area contributed by atoms with Crippen molar-refractivity contribution in [3.63, 3.8) is 0 Å². The summed E-state index contributed by atoms with van der Waals surface area (Å²) in [4.78, 5) is 21.3. The fourth-order valence-corrected chi connectivity index (χ4v) is 3.13. The van der Waals surface area contributed by atoms with Crippen LogP contribution in [0.3, 0.4) is 0 Å². The normalized spacial score (nSPS) is 10.0. The Bertz CT molecular complexity index is 1320. The lowest BCUT2D eigenvalue weighted by atomic mass is 10.1. The van der Waals surface area contributed by atoms with Crippen LogP contribution in [0.2, 0.25) is 0 Å². The highest BCUT2D eigenvalue weighted by molar-refractivity contribution is 6.00. The average Bonchev–Trinajstić information content (AvgIpc) is 2.85. The molecule has 33 heavy (non-hydrogen) atoms. The first kappa shape index (κ1) is 21.6. The van der Waals surface area contributed by atoms with E-state index >= 15 is 0 Å². The van der Waals surface area contributed by atoms with Gasteiger partial charge in [-0.3, -0.25) is 10.3 Å². The molecule has 0 saturated heterocycles. The van der Waals surface area contributed by atoms with Crippen LogP contribution in [-0.4, -0.2) is 23.1 Å². The molecule has 4 rings (SSSR count). The maximum atomic E-state index is 12.5. The highest BCUT2D eigenvalue weighted by Crippen LogP contribution is 2.25. The van der Waals surface area contributed by atoms with Gasteiger partial charge in [-0.05, 0) is 55.0 Å². The molecule has 2 aromatic carbocycles. The van der Waals surface area contributed by atoms with E-state index in [1.54, 1.807) is 31.6 Å². The Labute approximate surface area is 192 Å². The fraction of sp³-hybridized carbons (Fsp3) is 0.0741. The maximum absolute atomic E-state index is 12.5. The molecule has 0 bridgehead atoms. The Kier molecular flexibility index (Phi) is 6.62. The van der Waals surface area contributed by atoms with Crippen molar-refractivity contribution in [1.29, 1.82) is 0 Å². The first-order chi connectivity index (χ1) is 16.1. The summed E-state index contributed by atoms with van der Waals surface area (Å²) in [6.07, 6.45) is 3.45. The molecule has 0 unspecified atom stereocenters. The molecular weight excluding hydrogens is 412 g/mol. The van der Waals surface area contributed by atoms with E-state index in [1.807, 2.05) is 67.6 Å². The lowest BCUT2D eigenvalue weighted by molar-refractivity contribution is 0.262. The zero-order chi connectivity index (χ0) is 23.0. The van der Waals surface area contributed by atoms with E-state index < -0.39 is 6.03 Å². The summed E-state index contributed by atoms with van der Waals surface area (Å²) in [6, 6.07) is 22.3. The second-order valence-electron chi connectivity index (χ2n) is 7.21. The largest absolute Gasteiger partial charge is 0.495 e. The van der Waals surface area contributed by atoms with Crippen molar-refractivity contribution >= 4 is 17.5 Å². The zero-order valence-electron chi connectivity index (χ0n) is 18.3. The van der Waals surface area contributed by atoms with E-state index in [1.165, 1.54) is 0 Å². The summed E-state index contributed by atoms with van der Waals surface area (Å²) in [7, 11) is 1.56. The van der Waals surface area contributed by atoms with Crippen LogP contribution >= 0.6 is 0 Å². The summed E-state index contributed by atoms with van der Waals surface area (Å²) in [5.41, 5.74) is 4.87. The zero-order valence-corrected chi connectivity index (χ0v) is 18.3. The molecule has 6 nitrogen and oxygen atoms in total. The topological polar surface area (TPSA) is 76.1 Å². The first-order valence-electron chi connectivity index (χ1n) is 10.3. The number of benzene rings is 2. The minimum Gasteiger partial charge on any atom is -0.495 e. The number of rotatable bonds is 4. The fourth-order valence-electron chi connectivity index (χ4n) is 3.13. The maximum Gasteiger partial charge on any atom is 0.324 e. The van der Waals surface area contributed by atoms with Crippen LogP contribution < -0.4 is 15.4 Å². The van der Waals surface area contributed by atoms with Gasteiger partial charge in [0.1, 0.15) is 11.6 Å². The molecule has 2 heterocycles. The number of pyridine rings is 2. The molecule has 0 aliphatic rings. The Morgan fingerprint density at radius 3 is 2.42 bits per heavy atom. The Morgan fingerprint density at radius 2 is 1.67 bits per heavy atom. The number of urea groups is 1. The molecule has 2 N–H and O–H groups in total. The van der Waals surface area contributed by atoms with Crippen LogP contribution in [-0.2, 0) is 0 Å². The molecule has 0 aliphatic heterocycles. The van der Waals surface area contributed by atoms with Crippen molar-refractivity contribution in [2.45, 2.75) is 6.92 Å². The third kappa shape index (κ3) is 5.54. The number of aryl methyl sites for hydroxylation is 1. The summed E-state index contributed by atoms with van der Waals surface area (Å²) >= 11 is 0. The minimum atomic E-state index is -0.395. The summed E-state index contributed by atoms with van der Waals surface area (Å²) in [6.45, 7) is 1.90. The van der Waals surface area contributed by atoms with Crippen molar-refractivity contribution in [3.8, 4) is 28.8 Å². The van der Waals surface area contributed by atoms with Gasteiger partial charge < -0.3 is 10.1 Å². The molecule has 4 aromatic rings. The molecule has 0 atom stereocenters. The van der Waals surface area contributed by atoms with E-state index in [0.29, 0.717) is 17.3 Å². The van der Waals surface area contributed by atoms with Gasteiger partial charge in [-0.1, -0.05) is 42.2 Å². The standard InChI is InChI=1S/C27H22N4O2/c1-19-9-16-23(22-14-12-20(13-15-22)10-11-21-6-5-17-28-18-21)29-26(19)31-27(32)30-24-7-3-4-8-25(24)33-2/h3-9,12-18H,1-2H3,(H2,29,30,31,32). The van der Waals surface area contributed by atoms with Gasteiger partial charge in [-0.2, -0.15) is 0 Å². The number of aromatic nitrogens is 2. The van der Waals surface area contributed by atoms with Crippen molar-refractivity contribution in [2.24, 2.45) is 0 Å². The van der Waals surface area contributed by atoms with Crippen molar-refractivity contribution in [2.75, 3.05) is 17.7 Å². The van der Waals surface area contributed by atoms with Gasteiger partial charge in [0.15, 0.2) is 0 Å². The average molecular weight is 434 g/mol. The van der Waals surface area contributed by atoms with E-state index in [2.05, 4.69) is 32.4 Å². The van der Waals surface area contributed by atoms with Crippen LogP contribution in [0.1, 0.15) is 16.7 Å². The molecule has 0 radical (unpaired) electrons. The highest BCUT2D eigenvalue weighted by Gasteiger charge is 2.11. The summed E-state index contributed by atoms with van der Waals surface area (Å²) in [5.74, 6) is 7.30. The number of anilines is 2. The minimum absolute atomic E-state index is 0.395. The van der Waals surface area contributed by atoms with Crippen LogP contribution in [0.5, 0.6) is 5.75 Å². The number of hydrogen-bond donors (Lipinski definition) is 2. The smallest absolute Gasteiger partial charge is 0.324 e. The van der Waals surface area contributed by atoms with Gasteiger partial charge in [0.05, 0.1) is 18.5 Å². The number of amides is 2. The van der Waals surface area contributed by atoms with Crippen LogP contribution in [0.25, 0.3) is 11.3 Å². The quantitative estimate of drug-likeness (QED) is 0.416. The predicted octanol–water partition coefficient (Wildman–Crippen LogP) is 5.50. The number of para-hydroxylation sites is 2. The summed E-state index contributed by atoms with van der Waals surface area (Å²) in [5, 5.41) is 5.62.